The molecule has 0 bridgehead atoms. The number of benzene rings is 1. The Hall–Kier alpha value is -2.93. The number of nitrogens with one attached hydrogen (secondary N) is 1. The third-order valence-corrected chi connectivity index (χ3v) is 5.80. The van der Waals surface area contributed by atoms with Gasteiger partial charge < -0.3 is 10.1 Å². The van der Waals surface area contributed by atoms with Gasteiger partial charge in [0, 0.05) is 31.5 Å². The molecule has 0 spiro atoms. The Morgan fingerprint density at radius 3 is 2.50 bits per heavy atom. The van der Waals surface area contributed by atoms with Crippen molar-refractivity contribution in [3.63, 3.8) is 0 Å². The number of alkyl halides is 3. The Morgan fingerprint density at radius 2 is 1.90 bits per heavy atom. The SMILES string of the molecule is CCOc1ccc(Nc2cc(C)nc3nc(C(F)(F)F)nn23)cc1S(=O)(=O)N(C)C. The zero-order valence-corrected chi connectivity index (χ0v) is 17.3. The lowest BCUT2D eigenvalue weighted by Gasteiger charge is -2.17. The summed E-state index contributed by atoms with van der Waals surface area (Å²) in [6.45, 7) is 3.57. The molecule has 0 aliphatic heterocycles. The van der Waals surface area contributed by atoms with Crippen LogP contribution in [0.15, 0.2) is 29.2 Å². The molecule has 1 aromatic carbocycles. The lowest BCUT2D eigenvalue weighted by molar-refractivity contribution is -0.144. The van der Waals surface area contributed by atoms with E-state index < -0.39 is 22.0 Å². The molecule has 1 N–H and O–H groups in total. The Labute approximate surface area is 170 Å². The molecule has 0 unspecified atom stereocenters. The van der Waals surface area contributed by atoms with E-state index in [1.165, 1.54) is 32.3 Å². The van der Waals surface area contributed by atoms with Crippen molar-refractivity contribution >= 4 is 27.3 Å². The molecule has 0 aliphatic rings. The molecule has 2 heterocycles. The third kappa shape index (κ3) is 4.16. The number of anilines is 2. The molecule has 0 saturated heterocycles. The highest BCUT2D eigenvalue weighted by Gasteiger charge is 2.37. The second-order valence-electron chi connectivity index (χ2n) is 6.43. The number of fused-ring (bicyclic) bond motifs is 1. The molecule has 3 rings (SSSR count). The van der Waals surface area contributed by atoms with Gasteiger partial charge in [-0.15, -0.1) is 5.10 Å². The first kappa shape index (κ1) is 21.8. The van der Waals surface area contributed by atoms with Gasteiger partial charge in [0.25, 0.3) is 11.6 Å². The van der Waals surface area contributed by atoms with Crippen LogP contribution in [0.25, 0.3) is 5.78 Å². The lowest BCUT2D eigenvalue weighted by atomic mass is 10.3. The summed E-state index contributed by atoms with van der Waals surface area (Å²) in [7, 11) is -1.07. The molecule has 0 amide bonds. The van der Waals surface area contributed by atoms with Gasteiger partial charge >= 0.3 is 6.18 Å². The van der Waals surface area contributed by atoms with Crippen LogP contribution >= 0.6 is 0 Å². The number of aryl methyl sites for hydroxylation is 1. The summed E-state index contributed by atoms with van der Waals surface area (Å²) in [4.78, 5) is 7.29. The van der Waals surface area contributed by atoms with Crippen LogP contribution < -0.4 is 10.1 Å². The van der Waals surface area contributed by atoms with E-state index >= 15 is 0 Å². The van der Waals surface area contributed by atoms with Crippen molar-refractivity contribution in [2.45, 2.75) is 24.9 Å². The van der Waals surface area contributed by atoms with Crippen molar-refractivity contribution in [3.05, 3.63) is 35.8 Å². The van der Waals surface area contributed by atoms with E-state index in [-0.39, 0.29) is 28.8 Å². The summed E-state index contributed by atoms with van der Waals surface area (Å²) in [6, 6.07) is 5.82. The molecule has 162 valence electrons. The molecule has 9 nitrogen and oxygen atoms in total. The van der Waals surface area contributed by atoms with E-state index in [1.807, 2.05) is 0 Å². The first-order valence-electron chi connectivity index (χ1n) is 8.71. The van der Waals surface area contributed by atoms with Crippen molar-refractivity contribution in [1.29, 1.82) is 0 Å². The van der Waals surface area contributed by atoms with Gasteiger partial charge in [0.05, 0.1) is 6.61 Å². The lowest BCUT2D eigenvalue weighted by Crippen LogP contribution is -2.23. The molecule has 0 atom stereocenters. The Kier molecular flexibility index (Phi) is 5.60. The minimum absolute atomic E-state index is 0.0871. The highest BCUT2D eigenvalue weighted by molar-refractivity contribution is 7.89. The number of hydrogen-bond acceptors (Lipinski definition) is 7. The van der Waals surface area contributed by atoms with Gasteiger partial charge in [-0.05, 0) is 32.0 Å². The average Bonchev–Trinajstić information content (AvgIpc) is 3.07. The van der Waals surface area contributed by atoms with E-state index in [0.717, 1.165) is 8.82 Å². The van der Waals surface area contributed by atoms with Gasteiger partial charge in [0.1, 0.15) is 16.5 Å². The number of nitrogens with zero attached hydrogens (tertiary/aromatic N) is 5. The normalized spacial score (nSPS) is 12.5. The highest BCUT2D eigenvalue weighted by Crippen LogP contribution is 2.31. The van der Waals surface area contributed by atoms with E-state index in [1.54, 1.807) is 19.9 Å². The topological polar surface area (TPSA) is 102 Å². The molecule has 30 heavy (non-hydrogen) atoms. The number of ether oxygens (including phenoxy) is 1. The van der Waals surface area contributed by atoms with Crippen LogP contribution in [0.1, 0.15) is 18.4 Å². The summed E-state index contributed by atoms with van der Waals surface area (Å²) in [5.41, 5.74) is 0.702. The van der Waals surface area contributed by atoms with Crippen LogP contribution in [-0.4, -0.2) is 53.0 Å². The van der Waals surface area contributed by atoms with E-state index in [9.17, 15) is 21.6 Å². The highest BCUT2D eigenvalue weighted by atomic mass is 32.2. The summed E-state index contributed by atoms with van der Waals surface area (Å²) < 4.78 is 71.7. The van der Waals surface area contributed by atoms with Crippen LogP contribution in [0.2, 0.25) is 0 Å². The number of sulfonamides is 1. The number of aromatic nitrogens is 4. The molecule has 13 heteroatoms. The van der Waals surface area contributed by atoms with Crippen LogP contribution in [0.3, 0.4) is 0 Å². The average molecular weight is 444 g/mol. The van der Waals surface area contributed by atoms with Crippen molar-refractivity contribution in [2.24, 2.45) is 0 Å². The Morgan fingerprint density at radius 1 is 1.20 bits per heavy atom. The maximum Gasteiger partial charge on any atom is 0.453 e. The van der Waals surface area contributed by atoms with Gasteiger partial charge in [-0.25, -0.2) is 17.7 Å². The second kappa shape index (κ2) is 7.72. The second-order valence-corrected chi connectivity index (χ2v) is 8.55. The molecule has 0 aliphatic carbocycles. The maximum absolute atomic E-state index is 13.0. The molecule has 3 aromatic rings. The molecule has 2 aromatic heterocycles. The fourth-order valence-electron chi connectivity index (χ4n) is 2.60. The van der Waals surface area contributed by atoms with Crippen molar-refractivity contribution < 1.29 is 26.3 Å². The molecule has 0 fully saturated rings. The van der Waals surface area contributed by atoms with Crippen molar-refractivity contribution in [1.82, 2.24) is 23.9 Å². The largest absolute Gasteiger partial charge is 0.492 e. The standard InChI is InChI=1S/C17H19F3N6O3S/c1-5-29-12-7-6-11(9-13(12)30(27,28)25(3)4)22-14-8-10(2)21-16-23-15(17(18,19)20)24-26(14)16/h6-9,22H,5H2,1-4H3. The molecular formula is C17H19F3N6O3S. The van der Waals surface area contributed by atoms with Crippen LogP contribution in [-0.2, 0) is 16.2 Å². The smallest absolute Gasteiger partial charge is 0.453 e. The first-order chi connectivity index (χ1) is 13.9. The molecular weight excluding hydrogens is 425 g/mol. The monoisotopic (exact) mass is 444 g/mol. The van der Waals surface area contributed by atoms with E-state index in [4.69, 9.17) is 4.74 Å². The predicted molar refractivity (Wildman–Crippen MR) is 102 cm³/mol. The van der Waals surface area contributed by atoms with E-state index in [2.05, 4.69) is 20.4 Å². The quantitative estimate of drug-likeness (QED) is 0.624. The fourth-order valence-corrected chi connectivity index (χ4v) is 3.65. The zero-order valence-electron chi connectivity index (χ0n) is 16.5. The van der Waals surface area contributed by atoms with Gasteiger partial charge in [0.15, 0.2) is 0 Å². The van der Waals surface area contributed by atoms with Gasteiger partial charge in [0.2, 0.25) is 10.0 Å². The Bertz CT molecular complexity index is 1190. The number of halogens is 3. The van der Waals surface area contributed by atoms with Crippen LogP contribution in [0.5, 0.6) is 5.75 Å². The summed E-state index contributed by atoms with van der Waals surface area (Å²) in [6.07, 6.45) is -4.73. The van der Waals surface area contributed by atoms with Gasteiger partial charge in [-0.1, -0.05) is 0 Å². The van der Waals surface area contributed by atoms with Crippen LogP contribution in [0.4, 0.5) is 24.7 Å². The molecule has 0 saturated carbocycles. The summed E-state index contributed by atoms with van der Waals surface area (Å²) in [5, 5.41) is 6.36. The summed E-state index contributed by atoms with van der Waals surface area (Å²) in [5.74, 6) is -1.27. The number of rotatable bonds is 6. The third-order valence-electron chi connectivity index (χ3n) is 3.97. The summed E-state index contributed by atoms with van der Waals surface area (Å²) >= 11 is 0. The number of hydrogen-bond donors (Lipinski definition) is 1. The predicted octanol–water partition coefficient (Wildman–Crippen LogP) is 2.84. The fraction of sp³-hybridized carbons (Fsp3) is 0.353. The van der Waals surface area contributed by atoms with E-state index in [0.29, 0.717) is 11.4 Å². The maximum atomic E-state index is 13.0. The van der Waals surface area contributed by atoms with Crippen molar-refractivity contribution in [2.75, 3.05) is 26.0 Å². The van der Waals surface area contributed by atoms with Gasteiger partial charge in [-0.2, -0.15) is 22.7 Å². The minimum Gasteiger partial charge on any atom is -0.492 e. The first-order valence-corrected chi connectivity index (χ1v) is 10.2. The van der Waals surface area contributed by atoms with Crippen molar-refractivity contribution in [3.8, 4) is 5.75 Å². The van der Waals surface area contributed by atoms with Crippen LogP contribution in [0, 0.1) is 6.92 Å². The van der Waals surface area contributed by atoms with Gasteiger partial charge in [-0.3, -0.25) is 0 Å². The minimum atomic E-state index is -4.73. The Balaban J connectivity index is 2.10. The zero-order chi connectivity index (χ0) is 22.3. The molecule has 0 radical (unpaired) electrons.